The molecule has 0 radical (unpaired) electrons. The van der Waals surface area contributed by atoms with Gasteiger partial charge in [0.25, 0.3) is 0 Å². The van der Waals surface area contributed by atoms with Crippen LogP contribution >= 0.6 is 22.6 Å². The Morgan fingerprint density at radius 2 is 1.72 bits per heavy atom. The summed E-state index contributed by atoms with van der Waals surface area (Å²) in [5.74, 6) is 0. The van der Waals surface area contributed by atoms with Crippen LogP contribution in [-0.4, -0.2) is 18.1 Å². The molecule has 0 spiro atoms. The number of sulfonamides is 1. The van der Waals surface area contributed by atoms with Crippen molar-refractivity contribution in [3.8, 4) is 0 Å². The lowest BCUT2D eigenvalue weighted by molar-refractivity contribution is -0.0434. The lowest BCUT2D eigenvalue weighted by Crippen LogP contribution is -2.22. The summed E-state index contributed by atoms with van der Waals surface area (Å²) in [6.07, 6.45) is 0. The molecule has 0 saturated heterocycles. The molecule has 11 heteroatoms. The molecule has 0 aliphatic rings. The van der Waals surface area contributed by atoms with E-state index in [4.69, 9.17) is 0 Å². The van der Waals surface area contributed by atoms with Crippen molar-refractivity contribution < 1.29 is 30.1 Å². The van der Waals surface area contributed by atoms with Gasteiger partial charge in [-0.3, -0.25) is 0 Å². The molecule has 5 nitrogen and oxygen atoms in total. The zero-order valence-electron chi connectivity index (χ0n) is 8.22. The topological polar surface area (TPSA) is 74.5 Å². The molecular weight excluding hydrogens is 410 g/mol. The fourth-order valence-electron chi connectivity index (χ4n) is 0.699. The summed E-state index contributed by atoms with van der Waals surface area (Å²) in [6.45, 7) is 0. The number of alkyl halides is 3. The minimum atomic E-state index is -5.80. The number of benzene rings is 1. The Hall–Kier alpha value is -0.240. The average Bonchev–Trinajstić information content (AvgIpc) is 2.25. The summed E-state index contributed by atoms with van der Waals surface area (Å²) in [7, 11) is -5.80. The summed E-state index contributed by atoms with van der Waals surface area (Å²) in [5, 5.41) is 0. The minimum absolute atomic E-state index is 0.00320. The first kappa shape index (κ1) is 15.8. The Morgan fingerprint density at radius 3 is 2.17 bits per heavy atom. The molecule has 1 rings (SSSR count). The van der Waals surface area contributed by atoms with Gasteiger partial charge in [0.15, 0.2) is 21.1 Å². The first-order valence-corrected chi connectivity index (χ1v) is 7.61. The Kier molecular flexibility index (Phi) is 5.11. The summed E-state index contributed by atoms with van der Waals surface area (Å²) in [5.41, 5.74) is -5.58. The molecule has 1 unspecified atom stereocenters. The van der Waals surface area contributed by atoms with Crippen molar-refractivity contribution >= 4 is 43.7 Å². The van der Waals surface area contributed by atoms with Crippen LogP contribution in [0.3, 0.4) is 0 Å². The van der Waals surface area contributed by atoms with Crippen molar-refractivity contribution in [3.05, 3.63) is 32.7 Å². The third-order valence-electron chi connectivity index (χ3n) is 1.49. The Morgan fingerprint density at radius 1 is 1.22 bits per heavy atom. The molecule has 0 N–H and O–H groups in total. The van der Waals surface area contributed by atoms with Crippen LogP contribution in [0.2, 0.25) is 0 Å². The van der Waals surface area contributed by atoms with E-state index >= 15 is 0 Å². The van der Waals surface area contributed by atoms with E-state index in [0.717, 1.165) is 3.57 Å². The minimum Gasteiger partial charge on any atom is -0.398 e. The largest absolute Gasteiger partial charge is 0.481 e. The molecule has 0 aliphatic carbocycles. The number of halogens is 4. The molecule has 102 valence electrons. The van der Waals surface area contributed by atoms with Gasteiger partial charge in [-0.2, -0.15) is 13.2 Å². The van der Waals surface area contributed by atoms with Crippen LogP contribution in [0.25, 0.3) is 4.89 Å². The number of rotatable bonds is 4. The highest BCUT2D eigenvalue weighted by Crippen LogP contribution is 2.28. The normalized spacial score (nSPS) is 14.4. The summed E-state index contributed by atoms with van der Waals surface area (Å²) < 4.78 is 72.5. The van der Waals surface area contributed by atoms with Gasteiger partial charge in [0.1, 0.15) is 0 Å². The maximum atomic E-state index is 11.9. The second-order valence-corrected chi connectivity index (χ2v) is 6.66. The molecule has 0 heterocycles. The zero-order chi connectivity index (χ0) is 14.0. The summed E-state index contributed by atoms with van der Waals surface area (Å²) in [4.78, 5) is 1.97. The van der Waals surface area contributed by atoms with E-state index in [0.29, 0.717) is 0 Å². The van der Waals surface area contributed by atoms with Gasteiger partial charge < -0.3 is 9.17 Å². The van der Waals surface area contributed by atoms with Crippen molar-refractivity contribution in [2.24, 2.45) is 0 Å². The highest BCUT2D eigenvalue weighted by molar-refractivity contribution is 14.1. The number of hydrogen-bond donors (Lipinski definition) is 0. The number of nitrogens with zero attached hydrogens (tertiary/aromatic N) is 1. The van der Waals surface area contributed by atoms with E-state index < -0.39 is 26.6 Å². The molecule has 1 atom stereocenters. The predicted octanol–water partition coefficient (Wildman–Crippen LogP) is 2.47. The second-order valence-electron chi connectivity index (χ2n) is 2.76. The molecule has 1 aromatic rings. The fraction of sp³-hybridized carbons (Fsp3) is 0.143. The molecular formula is C7H4F3INO4S2-. The molecule has 1 aromatic carbocycles. The smallest absolute Gasteiger partial charge is 0.398 e. The molecule has 18 heavy (non-hydrogen) atoms. The van der Waals surface area contributed by atoms with Crippen molar-refractivity contribution in [1.29, 1.82) is 0 Å². The quantitative estimate of drug-likeness (QED) is 0.561. The highest BCUT2D eigenvalue weighted by atomic mass is 127. The van der Waals surface area contributed by atoms with E-state index in [1.54, 1.807) is 0 Å². The van der Waals surface area contributed by atoms with Crippen molar-refractivity contribution in [2.45, 2.75) is 10.4 Å². The Balaban J connectivity index is 2.71. The maximum Gasteiger partial charge on any atom is 0.481 e. The third-order valence-corrected chi connectivity index (χ3v) is 4.03. The van der Waals surface area contributed by atoms with Crippen LogP contribution in [0.4, 0.5) is 13.2 Å². The van der Waals surface area contributed by atoms with Crippen LogP contribution in [0.1, 0.15) is 0 Å². The molecule has 0 saturated carbocycles. The van der Waals surface area contributed by atoms with Gasteiger partial charge in [-0.05, 0) is 46.9 Å². The lowest BCUT2D eigenvalue weighted by Gasteiger charge is -2.21. The first-order chi connectivity index (χ1) is 8.13. The predicted molar refractivity (Wildman–Crippen MR) is 65.0 cm³/mol. The molecule has 0 aromatic heterocycles. The van der Waals surface area contributed by atoms with Crippen LogP contribution in [0.15, 0.2) is 29.2 Å². The Bertz CT molecular complexity index is 543. The number of hydrogen-bond acceptors (Lipinski definition) is 4. The summed E-state index contributed by atoms with van der Waals surface area (Å²) >= 11 is -0.465. The van der Waals surface area contributed by atoms with Gasteiger partial charge in [-0.15, -0.1) is 0 Å². The van der Waals surface area contributed by atoms with Crippen molar-refractivity contribution in [1.82, 2.24) is 0 Å². The molecule has 0 aliphatic heterocycles. The first-order valence-electron chi connectivity index (χ1n) is 4.02. The molecule has 0 amide bonds. The molecule has 0 fully saturated rings. The molecule has 0 bridgehead atoms. The van der Waals surface area contributed by atoms with Crippen LogP contribution in [0.5, 0.6) is 0 Å². The van der Waals surface area contributed by atoms with E-state index in [-0.39, 0.29) is 4.90 Å². The van der Waals surface area contributed by atoms with Gasteiger partial charge in [-0.1, -0.05) is 0 Å². The van der Waals surface area contributed by atoms with Gasteiger partial charge in [0.2, 0.25) is 0 Å². The van der Waals surface area contributed by atoms with Crippen molar-refractivity contribution in [3.63, 3.8) is 0 Å². The van der Waals surface area contributed by atoms with Gasteiger partial charge in [0.05, 0.1) is 4.90 Å². The van der Waals surface area contributed by atoms with Crippen LogP contribution in [-0.2, 0) is 25.4 Å². The average molecular weight is 414 g/mol. The highest BCUT2D eigenvalue weighted by Gasteiger charge is 2.39. The second kappa shape index (κ2) is 5.81. The van der Waals surface area contributed by atoms with E-state index in [2.05, 4.69) is 4.28 Å². The third kappa shape index (κ3) is 4.15. The van der Waals surface area contributed by atoms with Crippen molar-refractivity contribution in [2.75, 3.05) is 0 Å². The fourth-order valence-corrected chi connectivity index (χ4v) is 2.13. The monoisotopic (exact) mass is 414 g/mol. The van der Waals surface area contributed by atoms with Crippen LogP contribution < -0.4 is 0 Å². The van der Waals surface area contributed by atoms with E-state index in [1.165, 1.54) is 24.3 Å². The zero-order valence-corrected chi connectivity index (χ0v) is 12.0. The van der Waals surface area contributed by atoms with Gasteiger partial charge in [0, 0.05) is 3.57 Å². The summed E-state index contributed by atoms with van der Waals surface area (Å²) in [6, 6.07) is 5.67. The SMILES string of the molecule is O=S(O[N-]S(=O)(=O)C(F)(F)F)c1ccc(I)cc1. The maximum absolute atomic E-state index is 11.9. The van der Waals surface area contributed by atoms with Gasteiger partial charge >= 0.3 is 5.51 Å². The Labute approximate surface area is 117 Å². The van der Waals surface area contributed by atoms with Gasteiger partial charge in [-0.25, -0.2) is 12.6 Å². The van der Waals surface area contributed by atoms with E-state index in [1.807, 2.05) is 27.5 Å². The standard InChI is InChI=1S/C7H4F3INO4S2/c8-7(9,10)18(14,15)12-16-17(13)6-3-1-5(11)2-4-6/h1-4H/q-1. The lowest BCUT2D eigenvalue weighted by atomic mass is 10.4. The van der Waals surface area contributed by atoms with E-state index in [9.17, 15) is 25.8 Å². The van der Waals surface area contributed by atoms with Crippen LogP contribution in [0, 0.1) is 3.57 Å².